The third-order valence-corrected chi connectivity index (χ3v) is 10.4. The van der Waals surface area contributed by atoms with E-state index in [1.807, 2.05) is 0 Å². The fraction of sp³-hybridized carbons (Fsp3) is 0. The maximum absolute atomic E-state index is 5.40. The highest BCUT2D eigenvalue weighted by Crippen LogP contribution is 2.39. The zero-order chi connectivity index (χ0) is 36.6. The SMILES string of the molecule is c1ccc(-c2ccc(-c3nc(-c4cccc(-c5ccc(-c6cccc(-c7ccccc7)c6)cc5)c4)nc4c3c3ccccc3n4-c3ccccc3)cc2)cc1. The van der Waals surface area contributed by atoms with E-state index >= 15 is 0 Å². The Morgan fingerprint density at radius 3 is 1.33 bits per heavy atom. The molecular formula is C52H35N3. The number of para-hydroxylation sites is 2. The number of benzene rings is 8. The van der Waals surface area contributed by atoms with Crippen LogP contribution in [0.2, 0.25) is 0 Å². The van der Waals surface area contributed by atoms with Crippen LogP contribution < -0.4 is 0 Å². The van der Waals surface area contributed by atoms with Crippen LogP contribution >= 0.6 is 0 Å². The Labute approximate surface area is 320 Å². The van der Waals surface area contributed by atoms with Crippen LogP contribution in [0.3, 0.4) is 0 Å². The average molecular weight is 702 g/mol. The summed E-state index contributed by atoms with van der Waals surface area (Å²) in [6.45, 7) is 0. The lowest BCUT2D eigenvalue weighted by Crippen LogP contribution is -1.99. The fourth-order valence-corrected chi connectivity index (χ4v) is 7.68. The van der Waals surface area contributed by atoms with Gasteiger partial charge in [0.1, 0.15) is 5.65 Å². The quantitative estimate of drug-likeness (QED) is 0.166. The Morgan fingerprint density at radius 1 is 0.309 bits per heavy atom. The van der Waals surface area contributed by atoms with E-state index < -0.39 is 0 Å². The van der Waals surface area contributed by atoms with E-state index in [0.717, 1.165) is 55.6 Å². The van der Waals surface area contributed by atoms with Crippen molar-refractivity contribution < 1.29 is 0 Å². The van der Waals surface area contributed by atoms with E-state index in [-0.39, 0.29) is 0 Å². The molecule has 3 nitrogen and oxygen atoms in total. The molecule has 0 aliphatic rings. The smallest absolute Gasteiger partial charge is 0.162 e. The molecule has 0 saturated carbocycles. The second kappa shape index (κ2) is 13.9. The zero-order valence-electron chi connectivity index (χ0n) is 30.0. The number of nitrogens with zero attached hydrogens (tertiary/aromatic N) is 3. The van der Waals surface area contributed by atoms with Crippen molar-refractivity contribution in [3.8, 4) is 72.8 Å². The number of fused-ring (bicyclic) bond motifs is 3. The highest BCUT2D eigenvalue weighted by molar-refractivity contribution is 6.14. The maximum atomic E-state index is 5.40. The molecule has 0 aliphatic carbocycles. The molecule has 10 rings (SSSR count). The monoisotopic (exact) mass is 701 g/mol. The largest absolute Gasteiger partial charge is 0.294 e. The van der Waals surface area contributed by atoms with Crippen LogP contribution in [0.15, 0.2) is 212 Å². The van der Waals surface area contributed by atoms with Gasteiger partial charge in [-0.25, -0.2) is 9.97 Å². The normalized spacial score (nSPS) is 11.3. The second-order valence-corrected chi connectivity index (χ2v) is 13.8. The summed E-state index contributed by atoms with van der Waals surface area (Å²) in [6.07, 6.45) is 0. The molecule has 0 atom stereocenters. The third kappa shape index (κ3) is 6.08. The molecule has 2 aromatic heterocycles. The van der Waals surface area contributed by atoms with Gasteiger partial charge in [0.15, 0.2) is 5.82 Å². The van der Waals surface area contributed by atoms with Gasteiger partial charge < -0.3 is 0 Å². The van der Waals surface area contributed by atoms with E-state index in [2.05, 4.69) is 217 Å². The average Bonchev–Trinajstić information content (AvgIpc) is 3.61. The van der Waals surface area contributed by atoms with Crippen LogP contribution in [0.1, 0.15) is 0 Å². The van der Waals surface area contributed by atoms with Crippen molar-refractivity contribution in [2.24, 2.45) is 0 Å². The molecule has 0 aliphatic heterocycles. The first kappa shape index (κ1) is 32.3. The molecule has 0 radical (unpaired) electrons. The number of aromatic nitrogens is 3. The third-order valence-electron chi connectivity index (χ3n) is 10.4. The van der Waals surface area contributed by atoms with Gasteiger partial charge in [0.2, 0.25) is 0 Å². The summed E-state index contributed by atoms with van der Waals surface area (Å²) < 4.78 is 2.27. The van der Waals surface area contributed by atoms with Crippen molar-refractivity contribution in [3.63, 3.8) is 0 Å². The van der Waals surface area contributed by atoms with E-state index in [1.165, 1.54) is 33.4 Å². The predicted molar refractivity (Wildman–Crippen MR) is 229 cm³/mol. The molecule has 3 heteroatoms. The lowest BCUT2D eigenvalue weighted by atomic mass is 9.96. The van der Waals surface area contributed by atoms with Crippen LogP contribution in [0, 0.1) is 0 Å². The van der Waals surface area contributed by atoms with E-state index in [4.69, 9.17) is 9.97 Å². The Morgan fingerprint density at radius 2 is 0.727 bits per heavy atom. The summed E-state index contributed by atoms with van der Waals surface area (Å²) in [7, 11) is 0. The van der Waals surface area contributed by atoms with E-state index in [0.29, 0.717) is 5.82 Å². The molecule has 10 aromatic rings. The van der Waals surface area contributed by atoms with E-state index in [1.54, 1.807) is 0 Å². The van der Waals surface area contributed by atoms with Gasteiger partial charge in [-0.15, -0.1) is 0 Å². The van der Waals surface area contributed by atoms with Gasteiger partial charge in [-0.1, -0.05) is 182 Å². The van der Waals surface area contributed by atoms with Crippen LogP contribution in [-0.2, 0) is 0 Å². The summed E-state index contributed by atoms with van der Waals surface area (Å²) in [6, 6.07) is 75.0. The lowest BCUT2D eigenvalue weighted by Gasteiger charge is -2.12. The molecular weight excluding hydrogens is 667 g/mol. The maximum Gasteiger partial charge on any atom is 0.162 e. The number of rotatable bonds is 7. The second-order valence-electron chi connectivity index (χ2n) is 13.8. The highest BCUT2D eigenvalue weighted by Gasteiger charge is 2.21. The molecule has 0 fully saturated rings. The van der Waals surface area contributed by atoms with Gasteiger partial charge in [0.25, 0.3) is 0 Å². The van der Waals surface area contributed by atoms with Crippen LogP contribution in [0.4, 0.5) is 0 Å². The highest BCUT2D eigenvalue weighted by atomic mass is 15.1. The zero-order valence-corrected chi connectivity index (χ0v) is 30.0. The minimum Gasteiger partial charge on any atom is -0.294 e. The first-order valence-corrected chi connectivity index (χ1v) is 18.7. The van der Waals surface area contributed by atoms with Crippen molar-refractivity contribution in [2.45, 2.75) is 0 Å². The predicted octanol–water partition coefficient (Wildman–Crippen LogP) is 13.6. The Bertz CT molecular complexity index is 2930. The summed E-state index contributed by atoms with van der Waals surface area (Å²) in [5, 5.41) is 2.16. The molecule has 0 spiro atoms. The van der Waals surface area contributed by atoms with Crippen molar-refractivity contribution in [1.29, 1.82) is 0 Å². The Kier molecular flexibility index (Phi) is 8.16. The van der Waals surface area contributed by atoms with Crippen LogP contribution in [-0.4, -0.2) is 14.5 Å². The number of hydrogen-bond donors (Lipinski definition) is 0. The molecule has 0 N–H and O–H groups in total. The molecule has 8 aromatic carbocycles. The van der Waals surface area contributed by atoms with Crippen molar-refractivity contribution >= 4 is 21.9 Å². The van der Waals surface area contributed by atoms with Crippen LogP contribution in [0.25, 0.3) is 94.8 Å². The fourth-order valence-electron chi connectivity index (χ4n) is 7.68. The summed E-state index contributed by atoms with van der Waals surface area (Å²) in [5.41, 5.74) is 15.4. The van der Waals surface area contributed by atoms with Crippen LogP contribution in [0.5, 0.6) is 0 Å². The van der Waals surface area contributed by atoms with Crippen molar-refractivity contribution in [1.82, 2.24) is 14.5 Å². The van der Waals surface area contributed by atoms with Gasteiger partial charge in [-0.3, -0.25) is 4.57 Å². The van der Waals surface area contributed by atoms with Crippen molar-refractivity contribution in [2.75, 3.05) is 0 Å². The Balaban J connectivity index is 1.09. The molecule has 258 valence electrons. The minimum atomic E-state index is 0.686. The molecule has 0 amide bonds. The summed E-state index contributed by atoms with van der Waals surface area (Å²) in [4.78, 5) is 10.8. The lowest BCUT2D eigenvalue weighted by molar-refractivity contribution is 1.11. The van der Waals surface area contributed by atoms with Gasteiger partial charge in [0.05, 0.1) is 16.6 Å². The Hall–Kier alpha value is -7.36. The topological polar surface area (TPSA) is 30.7 Å². The van der Waals surface area contributed by atoms with Gasteiger partial charge in [0, 0.05) is 22.2 Å². The summed E-state index contributed by atoms with van der Waals surface area (Å²) in [5.74, 6) is 0.686. The standard InChI is InChI=1S/C52H35N3/c1-4-14-36(15-5-1)38-30-32-41(33-31-38)50-49-47-24-10-11-25-48(47)55(46-22-8-3-9-23-46)52(49)54-51(53-50)45-21-13-20-44(35-45)40-28-26-39(27-29-40)43-19-12-18-42(34-43)37-16-6-2-7-17-37/h1-35H. The number of hydrogen-bond acceptors (Lipinski definition) is 2. The minimum absolute atomic E-state index is 0.686. The molecule has 55 heavy (non-hydrogen) atoms. The van der Waals surface area contributed by atoms with Gasteiger partial charge >= 0.3 is 0 Å². The first-order valence-electron chi connectivity index (χ1n) is 18.7. The first-order chi connectivity index (χ1) is 27.3. The van der Waals surface area contributed by atoms with Gasteiger partial charge in [-0.05, 0) is 74.8 Å². The molecule has 0 unspecified atom stereocenters. The molecule has 0 saturated heterocycles. The molecule has 2 heterocycles. The van der Waals surface area contributed by atoms with Gasteiger partial charge in [-0.2, -0.15) is 0 Å². The van der Waals surface area contributed by atoms with Crippen molar-refractivity contribution in [3.05, 3.63) is 212 Å². The molecule has 0 bridgehead atoms. The van der Waals surface area contributed by atoms with E-state index in [9.17, 15) is 0 Å². The summed E-state index contributed by atoms with van der Waals surface area (Å²) >= 11 is 0.